The van der Waals surface area contributed by atoms with Gasteiger partial charge < -0.3 is 11.1 Å². The van der Waals surface area contributed by atoms with E-state index in [4.69, 9.17) is 5.73 Å². The van der Waals surface area contributed by atoms with Crippen molar-refractivity contribution in [2.24, 2.45) is 17.6 Å². The predicted molar refractivity (Wildman–Crippen MR) is 89.0 cm³/mol. The first kappa shape index (κ1) is 17.7. The van der Waals surface area contributed by atoms with Gasteiger partial charge in [0.05, 0.1) is 6.04 Å². The molecule has 0 aliphatic carbocycles. The summed E-state index contributed by atoms with van der Waals surface area (Å²) in [5.74, 6) is 1.25. The SMILES string of the molecule is Cc1cccc([C@H](C)NC(=O)CCC(CCN)C(C)C)c1. The zero-order valence-electron chi connectivity index (χ0n) is 13.9. The summed E-state index contributed by atoms with van der Waals surface area (Å²) in [7, 11) is 0. The number of hydrogen-bond acceptors (Lipinski definition) is 2. The number of carbonyl (C=O) groups excluding carboxylic acids is 1. The molecule has 1 rings (SSSR count). The van der Waals surface area contributed by atoms with Gasteiger partial charge >= 0.3 is 0 Å². The highest BCUT2D eigenvalue weighted by atomic mass is 16.1. The van der Waals surface area contributed by atoms with E-state index in [0.29, 0.717) is 24.8 Å². The van der Waals surface area contributed by atoms with Crippen LogP contribution in [0.5, 0.6) is 0 Å². The van der Waals surface area contributed by atoms with E-state index in [1.54, 1.807) is 0 Å². The van der Waals surface area contributed by atoms with Crippen LogP contribution in [0.3, 0.4) is 0 Å². The molecule has 0 aliphatic rings. The molecule has 2 atom stereocenters. The van der Waals surface area contributed by atoms with Crippen molar-refractivity contribution < 1.29 is 4.79 Å². The van der Waals surface area contributed by atoms with E-state index in [-0.39, 0.29) is 11.9 Å². The number of benzene rings is 1. The summed E-state index contributed by atoms with van der Waals surface area (Å²) >= 11 is 0. The van der Waals surface area contributed by atoms with Crippen LogP contribution in [0.25, 0.3) is 0 Å². The Morgan fingerprint density at radius 1 is 1.24 bits per heavy atom. The van der Waals surface area contributed by atoms with Gasteiger partial charge in [0, 0.05) is 6.42 Å². The molecule has 0 spiro atoms. The van der Waals surface area contributed by atoms with Crippen LogP contribution in [0.2, 0.25) is 0 Å². The van der Waals surface area contributed by atoms with Crippen molar-refractivity contribution in [1.29, 1.82) is 0 Å². The molecule has 118 valence electrons. The second kappa shape index (κ2) is 8.83. The normalized spacial score (nSPS) is 14.0. The lowest BCUT2D eigenvalue weighted by Gasteiger charge is -2.20. The summed E-state index contributed by atoms with van der Waals surface area (Å²) in [6.45, 7) is 9.20. The van der Waals surface area contributed by atoms with Gasteiger partial charge in [0.2, 0.25) is 5.91 Å². The van der Waals surface area contributed by atoms with Gasteiger partial charge in [-0.3, -0.25) is 4.79 Å². The Balaban J connectivity index is 2.46. The fourth-order valence-corrected chi connectivity index (χ4v) is 2.68. The minimum atomic E-state index is 0.0596. The van der Waals surface area contributed by atoms with Crippen LogP contribution in [0.15, 0.2) is 24.3 Å². The summed E-state index contributed by atoms with van der Waals surface area (Å²) in [4.78, 5) is 12.1. The number of rotatable bonds is 8. The average molecular weight is 290 g/mol. The molecule has 0 heterocycles. The molecule has 0 bridgehead atoms. The Kier molecular flexibility index (Phi) is 7.44. The van der Waals surface area contributed by atoms with Crippen molar-refractivity contribution in [1.82, 2.24) is 5.32 Å². The number of amides is 1. The highest BCUT2D eigenvalue weighted by Crippen LogP contribution is 2.21. The van der Waals surface area contributed by atoms with Crippen molar-refractivity contribution in [3.05, 3.63) is 35.4 Å². The first-order chi connectivity index (χ1) is 9.93. The number of aryl methyl sites for hydroxylation is 1. The standard InChI is InChI=1S/C18H30N2O/c1-13(2)16(10-11-19)8-9-18(21)20-15(4)17-7-5-6-14(3)12-17/h5-7,12-13,15-16H,8-11,19H2,1-4H3,(H,20,21)/t15-,16?/m0/s1. The van der Waals surface area contributed by atoms with E-state index in [9.17, 15) is 4.79 Å². The molecule has 3 N–H and O–H groups in total. The van der Waals surface area contributed by atoms with E-state index in [1.807, 2.05) is 13.0 Å². The van der Waals surface area contributed by atoms with Gasteiger partial charge in [-0.15, -0.1) is 0 Å². The van der Waals surface area contributed by atoms with Crippen LogP contribution in [0.1, 0.15) is 57.2 Å². The van der Waals surface area contributed by atoms with Crippen LogP contribution < -0.4 is 11.1 Å². The van der Waals surface area contributed by atoms with Crippen molar-refractivity contribution >= 4 is 5.91 Å². The lowest BCUT2D eigenvalue weighted by atomic mass is 9.88. The van der Waals surface area contributed by atoms with Crippen LogP contribution in [-0.2, 0) is 4.79 Å². The van der Waals surface area contributed by atoms with Crippen molar-refractivity contribution in [3.63, 3.8) is 0 Å². The quantitative estimate of drug-likeness (QED) is 0.769. The molecule has 21 heavy (non-hydrogen) atoms. The highest BCUT2D eigenvalue weighted by Gasteiger charge is 2.15. The third-order valence-electron chi connectivity index (χ3n) is 4.14. The fourth-order valence-electron chi connectivity index (χ4n) is 2.68. The summed E-state index contributed by atoms with van der Waals surface area (Å²) in [6, 6.07) is 8.34. The molecule has 0 aromatic heterocycles. The first-order valence-electron chi connectivity index (χ1n) is 8.00. The zero-order chi connectivity index (χ0) is 15.8. The Morgan fingerprint density at radius 2 is 1.95 bits per heavy atom. The van der Waals surface area contributed by atoms with Crippen molar-refractivity contribution in [2.45, 2.75) is 53.0 Å². The van der Waals surface area contributed by atoms with E-state index < -0.39 is 0 Å². The van der Waals surface area contributed by atoms with Gasteiger partial charge in [0.15, 0.2) is 0 Å². The number of carbonyl (C=O) groups is 1. The number of nitrogens with two attached hydrogens (primary N) is 1. The topological polar surface area (TPSA) is 55.1 Å². The van der Waals surface area contributed by atoms with Gasteiger partial charge in [-0.2, -0.15) is 0 Å². The molecule has 0 saturated carbocycles. The zero-order valence-corrected chi connectivity index (χ0v) is 13.9. The largest absolute Gasteiger partial charge is 0.350 e. The maximum atomic E-state index is 12.1. The monoisotopic (exact) mass is 290 g/mol. The molecule has 1 amide bonds. The second-order valence-corrected chi connectivity index (χ2v) is 6.32. The summed E-state index contributed by atoms with van der Waals surface area (Å²) in [5.41, 5.74) is 8.02. The predicted octanol–water partition coefficient (Wildman–Crippen LogP) is 3.57. The Hall–Kier alpha value is -1.35. The van der Waals surface area contributed by atoms with Gasteiger partial charge in [-0.05, 0) is 50.6 Å². The lowest BCUT2D eigenvalue weighted by Crippen LogP contribution is -2.27. The van der Waals surface area contributed by atoms with Crippen LogP contribution in [0.4, 0.5) is 0 Å². The lowest BCUT2D eigenvalue weighted by molar-refractivity contribution is -0.122. The maximum absolute atomic E-state index is 12.1. The van der Waals surface area contributed by atoms with Gasteiger partial charge in [0.25, 0.3) is 0 Å². The molecule has 0 fully saturated rings. The smallest absolute Gasteiger partial charge is 0.220 e. The summed E-state index contributed by atoms with van der Waals surface area (Å²) in [5, 5.41) is 3.09. The minimum Gasteiger partial charge on any atom is -0.350 e. The third kappa shape index (κ3) is 6.30. The third-order valence-corrected chi connectivity index (χ3v) is 4.14. The molecule has 1 aromatic rings. The summed E-state index contributed by atoms with van der Waals surface area (Å²) in [6.07, 6.45) is 2.50. The van der Waals surface area contributed by atoms with Crippen molar-refractivity contribution in [2.75, 3.05) is 6.54 Å². The van der Waals surface area contributed by atoms with Gasteiger partial charge in [0.1, 0.15) is 0 Å². The Labute approximate surface area is 129 Å². The fraction of sp³-hybridized carbons (Fsp3) is 0.611. The van der Waals surface area contributed by atoms with Crippen LogP contribution >= 0.6 is 0 Å². The molecule has 3 heteroatoms. The van der Waals surface area contributed by atoms with Crippen LogP contribution in [0, 0.1) is 18.8 Å². The molecular weight excluding hydrogens is 260 g/mol. The van der Waals surface area contributed by atoms with E-state index >= 15 is 0 Å². The van der Waals surface area contributed by atoms with E-state index in [0.717, 1.165) is 18.4 Å². The van der Waals surface area contributed by atoms with Crippen LogP contribution in [-0.4, -0.2) is 12.5 Å². The molecule has 1 unspecified atom stereocenters. The molecule has 3 nitrogen and oxygen atoms in total. The van der Waals surface area contributed by atoms with E-state index in [1.165, 1.54) is 5.56 Å². The van der Waals surface area contributed by atoms with Crippen molar-refractivity contribution in [3.8, 4) is 0 Å². The Morgan fingerprint density at radius 3 is 2.52 bits per heavy atom. The maximum Gasteiger partial charge on any atom is 0.220 e. The van der Waals surface area contributed by atoms with Gasteiger partial charge in [-0.1, -0.05) is 43.7 Å². The van der Waals surface area contributed by atoms with Gasteiger partial charge in [-0.25, -0.2) is 0 Å². The first-order valence-corrected chi connectivity index (χ1v) is 8.00. The number of nitrogens with one attached hydrogen (secondary N) is 1. The number of hydrogen-bond donors (Lipinski definition) is 2. The molecule has 1 aromatic carbocycles. The Bertz CT molecular complexity index is 443. The summed E-state index contributed by atoms with van der Waals surface area (Å²) < 4.78 is 0. The molecular formula is C18H30N2O. The molecule has 0 radical (unpaired) electrons. The average Bonchev–Trinajstić information content (AvgIpc) is 2.43. The molecule has 0 aliphatic heterocycles. The molecule has 0 saturated heterocycles. The second-order valence-electron chi connectivity index (χ2n) is 6.32. The highest BCUT2D eigenvalue weighted by molar-refractivity contribution is 5.76. The minimum absolute atomic E-state index is 0.0596. The van der Waals surface area contributed by atoms with E-state index in [2.05, 4.69) is 44.3 Å².